The second kappa shape index (κ2) is 6.05. The van der Waals surface area contributed by atoms with E-state index in [1.54, 1.807) is 16.8 Å². The molecule has 0 amide bonds. The molecule has 0 bridgehead atoms. The third-order valence-electron chi connectivity index (χ3n) is 2.44. The van der Waals surface area contributed by atoms with Crippen molar-refractivity contribution in [2.24, 2.45) is 5.92 Å². The Morgan fingerprint density at radius 2 is 2.20 bits per heavy atom. The number of hydrogen-bond acceptors (Lipinski definition) is 2. The zero-order chi connectivity index (χ0) is 11.3. The summed E-state index contributed by atoms with van der Waals surface area (Å²) in [6.07, 6.45) is 2.14. The van der Waals surface area contributed by atoms with E-state index in [4.69, 9.17) is 0 Å². The van der Waals surface area contributed by atoms with Crippen LogP contribution >= 0.6 is 15.9 Å². The fraction of sp³-hybridized carbons (Fsp3) is 0.636. The summed E-state index contributed by atoms with van der Waals surface area (Å²) >= 11 is 3.42. The van der Waals surface area contributed by atoms with Gasteiger partial charge in [-0.1, -0.05) is 22.9 Å². The first-order chi connectivity index (χ1) is 7.13. The van der Waals surface area contributed by atoms with Crippen molar-refractivity contribution in [1.82, 2.24) is 9.78 Å². The van der Waals surface area contributed by atoms with Crippen LogP contribution in [0.2, 0.25) is 0 Å². The molecule has 0 saturated carbocycles. The Bertz CT molecular complexity index is 362. The van der Waals surface area contributed by atoms with Gasteiger partial charge in [-0.05, 0) is 31.7 Å². The Hall–Kier alpha value is -0.640. The molecule has 1 aromatic rings. The second-order valence-corrected chi connectivity index (χ2v) is 4.70. The van der Waals surface area contributed by atoms with E-state index in [2.05, 4.69) is 28.0 Å². The molecule has 0 spiro atoms. The number of halogens is 1. The Labute approximate surface area is 98.6 Å². The molecule has 3 nitrogen and oxygen atoms in total. The van der Waals surface area contributed by atoms with Gasteiger partial charge in [0.2, 0.25) is 0 Å². The summed E-state index contributed by atoms with van der Waals surface area (Å²) in [5, 5.41) is 5.22. The lowest BCUT2D eigenvalue weighted by molar-refractivity contribution is 0.438. The molecule has 1 atom stereocenters. The summed E-state index contributed by atoms with van der Waals surface area (Å²) in [5.41, 5.74) is 0.884. The van der Waals surface area contributed by atoms with Crippen LogP contribution < -0.4 is 5.56 Å². The van der Waals surface area contributed by atoms with Gasteiger partial charge in [-0.15, -0.1) is 0 Å². The smallest absolute Gasteiger partial charge is 0.266 e. The topological polar surface area (TPSA) is 34.9 Å². The molecule has 1 rings (SSSR count). The van der Waals surface area contributed by atoms with Gasteiger partial charge in [-0.25, -0.2) is 4.68 Å². The summed E-state index contributed by atoms with van der Waals surface area (Å²) in [7, 11) is 0. The molecule has 1 aromatic heterocycles. The van der Waals surface area contributed by atoms with E-state index in [-0.39, 0.29) is 5.56 Å². The first-order valence-electron chi connectivity index (χ1n) is 5.24. The predicted molar refractivity (Wildman–Crippen MR) is 65.4 cm³/mol. The second-order valence-electron chi connectivity index (χ2n) is 3.91. The predicted octanol–water partition coefficient (Wildman–Crippen LogP) is 2.36. The number of aryl methyl sites for hydroxylation is 2. The van der Waals surface area contributed by atoms with E-state index in [1.807, 2.05) is 6.92 Å². The Kier molecular flexibility index (Phi) is 5.02. The van der Waals surface area contributed by atoms with E-state index in [0.29, 0.717) is 12.5 Å². The van der Waals surface area contributed by atoms with E-state index in [1.165, 1.54) is 0 Å². The van der Waals surface area contributed by atoms with Crippen LogP contribution in [0.25, 0.3) is 0 Å². The molecule has 0 N–H and O–H groups in total. The van der Waals surface area contributed by atoms with Crippen LogP contribution in [0.4, 0.5) is 0 Å². The van der Waals surface area contributed by atoms with E-state index < -0.39 is 0 Å². The molecule has 4 heteroatoms. The molecular formula is C11H17BrN2O. The Morgan fingerprint density at radius 1 is 1.47 bits per heavy atom. The largest absolute Gasteiger partial charge is 0.268 e. The summed E-state index contributed by atoms with van der Waals surface area (Å²) in [6.45, 7) is 4.81. The number of nitrogens with zero attached hydrogens (tertiary/aromatic N) is 2. The molecule has 1 unspecified atom stereocenters. The van der Waals surface area contributed by atoms with Crippen molar-refractivity contribution < 1.29 is 0 Å². The van der Waals surface area contributed by atoms with Gasteiger partial charge in [0, 0.05) is 17.9 Å². The van der Waals surface area contributed by atoms with Gasteiger partial charge in [0.05, 0.1) is 5.69 Å². The zero-order valence-electron chi connectivity index (χ0n) is 9.24. The molecule has 0 aliphatic rings. The molecular weight excluding hydrogens is 256 g/mol. The summed E-state index contributed by atoms with van der Waals surface area (Å²) in [5.74, 6) is 0.624. The van der Waals surface area contributed by atoms with Crippen LogP contribution in [0, 0.1) is 12.8 Å². The monoisotopic (exact) mass is 272 g/mol. The van der Waals surface area contributed by atoms with E-state index >= 15 is 0 Å². The lowest BCUT2D eigenvalue weighted by Crippen LogP contribution is -2.23. The van der Waals surface area contributed by atoms with Crippen LogP contribution in [0.15, 0.2) is 16.9 Å². The highest BCUT2D eigenvalue weighted by Crippen LogP contribution is 2.09. The maximum absolute atomic E-state index is 11.4. The third-order valence-corrected chi connectivity index (χ3v) is 2.89. The van der Waals surface area contributed by atoms with Crippen LogP contribution in [-0.4, -0.2) is 15.1 Å². The highest BCUT2D eigenvalue weighted by molar-refractivity contribution is 9.09. The molecule has 0 fully saturated rings. The zero-order valence-corrected chi connectivity index (χ0v) is 10.8. The lowest BCUT2D eigenvalue weighted by atomic mass is 10.1. The average Bonchev–Trinajstić information content (AvgIpc) is 2.20. The van der Waals surface area contributed by atoms with Gasteiger partial charge in [0.15, 0.2) is 0 Å². The fourth-order valence-electron chi connectivity index (χ4n) is 1.38. The Balaban J connectivity index is 2.57. The van der Waals surface area contributed by atoms with Crippen molar-refractivity contribution in [3.05, 3.63) is 28.2 Å². The fourth-order valence-corrected chi connectivity index (χ4v) is 2.17. The van der Waals surface area contributed by atoms with Crippen LogP contribution in [0.5, 0.6) is 0 Å². The van der Waals surface area contributed by atoms with Gasteiger partial charge >= 0.3 is 0 Å². The molecule has 0 radical (unpaired) electrons. The van der Waals surface area contributed by atoms with E-state index in [9.17, 15) is 4.79 Å². The first-order valence-corrected chi connectivity index (χ1v) is 6.36. The SMILES string of the molecule is Cc1ccc(=O)n(CCC(C)CCBr)n1. The minimum atomic E-state index is -0.00774. The molecule has 0 aliphatic heterocycles. The number of hydrogen-bond donors (Lipinski definition) is 0. The highest BCUT2D eigenvalue weighted by Gasteiger charge is 2.03. The number of aromatic nitrogens is 2. The minimum absolute atomic E-state index is 0.00774. The quantitative estimate of drug-likeness (QED) is 0.772. The van der Waals surface area contributed by atoms with Crippen LogP contribution in [0.1, 0.15) is 25.5 Å². The van der Waals surface area contributed by atoms with Crippen molar-refractivity contribution in [1.29, 1.82) is 0 Å². The highest BCUT2D eigenvalue weighted by atomic mass is 79.9. The van der Waals surface area contributed by atoms with Crippen molar-refractivity contribution in [3.63, 3.8) is 0 Å². The summed E-state index contributed by atoms with van der Waals surface area (Å²) in [6, 6.07) is 3.33. The van der Waals surface area contributed by atoms with Gasteiger partial charge in [0.1, 0.15) is 0 Å². The summed E-state index contributed by atoms with van der Waals surface area (Å²) in [4.78, 5) is 11.4. The molecule has 0 saturated heterocycles. The minimum Gasteiger partial charge on any atom is -0.268 e. The summed E-state index contributed by atoms with van der Waals surface area (Å²) < 4.78 is 1.56. The van der Waals surface area contributed by atoms with Crippen molar-refractivity contribution in [2.45, 2.75) is 33.2 Å². The molecule has 15 heavy (non-hydrogen) atoms. The molecule has 0 aromatic carbocycles. The molecule has 0 aliphatic carbocycles. The van der Waals surface area contributed by atoms with Gasteiger partial charge in [-0.2, -0.15) is 5.10 Å². The van der Waals surface area contributed by atoms with E-state index in [0.717, 1.165) is 23.9 Å². The maximum Gasteiger partial charge on any atom is 0.266 e. The third kappa shape index (κ3) is 4.16. The van der Waals surface area contributed by atoms with Crippen molar-refractivity contribution in [2.75, 3.05) is 5.33 Å². The van der Waals surface area contributed by atoms with Gasteiger partial charge < -0.3 is 0 Å². The number of alkyl halides is 1. The van der Waals surface area contributed by atoms with Gasteiger partial charge in [0.25, 0.3) is 5.56 Å². The Morgan fingerprint density at radius 3 is 2.87 bits per heavy atom. The first kappa shape index (κ1) is 12.4. The van der Waals surface area contributed by atoms with Crippen molar-refractivity contribution in [3.8, 4) is 0 Å². The van der Waals surface area contributed by atoms with Crippen LogP contribution in [-0.2, 0) is 6.54 Å². The maximum atomic E-state index is 11.4. The normalized spacial score (nSPS) is 12.7. The standard InChI is InChI=1S/C11H17BrN2O/c1-9(5-7-12)6-8-14-11(15)4-3-10(2)13-14/h3-4,9H,5-8H2,1-2H3. The average molecular weight is 273 g/mol. The van der Waals surface area contributed by atoms with Crippen LogP contribution in [0.3, 0.4) is 0 Å². The number of rotatable bonds is 5. The molecule has 1 heterocycles. The lowest BCUT2D eigenvalue weighted by Gasteiger charge is -2.10. The van der Waals surface area contributed by atoms with Crippen molar-refractivity contribution >= 4 is 15.9 Å². The van der Waals surface area contributed by atoms with Gasteiger partial charge in [-0.3, -0.25) is 4.79 Å². The molecule has 84 valence electrons.